The number of fused-ring (bicyclic) bond motifs is 1. The van der Waals surface area contributed by atoms with E-state index in [1.165, 1.54) is 17.9 Å². The lowest BCUT2D eigenvalue weighted by Crippen LogP contribution is -2.42. The van der Waals surface area contributed by atoms with Gasteiger partial charge in [-0.2, -0.15) is 13.2 Å². The van der Waals surface area contributed by atoms with E-state index in [4.69, 9.17) is 4.98 Å². The maximum absolute atomic E-state index is 13.2. The highest BCUT2D eigenvalue weighted by Crippen LogP contribution is 2.52. The summed E-state index contributed by atoms with van der Waals surface area (Å²) in [5.41, 5.74) is 0.623. The Bertz CT molecular complexity index is 1350. The highest BCUT2D eigenvalue weighted by Gasteiger charge is 2.48. The molecule has 1 saturated carbocycles. The minimum atomic E-state index is -4.59. The van der Waals surface area contributed by atoms with Crippen LogP contribution in [0.1, 0.15) is 58.3 Å². The lowest BCUT2D eigenvalue weighted by molar-refractivity contribution is -0.142. The topological polar surface area (TPSA) is 86.3 Å². The smallest absolute Gasteiger partial charge is 0.378 e. The minimum absolute atomic E-state index is 0.0654. The number of nitrogens with one attached hydrogen (secondary N) is 1. The van der Waals surface area contributed by atoms with Crippen molar-refractivity contribution < 1.29 is 23.1 Å². The summed E-state index contributed by atoms with van der Waals surface area (Å²) in [6.45, 7) is 1.61. The Labute approximate surface area is 199 Å². The van der Waals surface area contributed by atoms with Gasteiger partial charge in [0.2, 0.25) is 0 Å². The number of rotatable bonds is 4. The monoisotopic (exact) mass is 483 g/mol. The average Bonchev–Trinajstić information content (AvgIpc) is 3.65. The molecule has 1 unspecified atom stereocenters. The SMILES string of the molecule is Cc1cc(C(O)C(=O)N2CCc3nc(C4(c5ccccc5)CC4)[nH]c(=O)c3C2)cc(C(F)(F)F)c1. The predicted octanol–water partition coefficient (Wildman–Crippen LogP) is 3.80. The molecule has 2 aromatic carbocycles. The third-order valence-electron chi connectivity index (χ3n) is 6.89. The number of amides is 1. The summed E-state index contributed by atoms with van der Waals surface area (Å²) in [7, 11) is 0. The Morgan fingerprint density at radius 2 is 1.89 bits per heavy atom. The quantitative estimate of drug-likeness (QED) is 0.591. The van der Waals surface area contributed by atoms with Crippen LogP contribution in [0.4, 0.5) is 13.2 Å². The standard InChI is InChI=1S/C26H24F3N3O3/c1-15-11-16(13-18(12-15)26(27,28)29)21(33)23(35)32-10-7-20-19(14-32)22(34)31-24(30-20)25(8-9-25)17-5-3-2-4-6-17/h2-6,11-13,21,33H,7-10,14H2,1H3,(H,30,31,34). The van der Waals surface area contributed by atoms with Gasteiger partial charge in [0.15, 0.2) is 6.10 Å². The van der Waals surface area contributed by atoms with E-state index in [1.807, 2.05) is 30.3 Å². The zero-order valence-electron chi connectivity index (χ0n) is 19.0. The summed E-state index contributed by atoms with van der Waals surface area (Å²) in [6, 6.07) is 13.0. The number of hydrogen-bond acceptors (Lipinski definition) is 4. The van der Waals surface area contributed by atoms with Crippen LogP contribution < -0.4 is 5.56 Å². The number of H-pyrrole nitrogens is 1. The van der Waals surface area contributed by atoms with Crippen LogP contribution in [0, 0.1) is 6.92 Å². The first-order valence-electron chi connectivity index (χ1n) is 11.4. The second-order valence-corrected chi connectivity index (χ2v) is 9.33. The second-order valence-electron chi connectivity index (χ2n) is 9.33. The molecule has 9 heteroatoms. The molecule has 5 rings (SSSR count). The Balaban J connectivity index is 1.39. The number of alkyl halides is 3. The predicted molar refractivity (Wildman–Crippen MR) is 122 cm³/mol. The zero-order chi connectivity index (χ0) is 25.0. The van der Waals surface area contributed by atoms with Crippen LogP contribution in [-0.4, -0.2) is 32.4 Å². The normalized spacial score (nSPS) is 17.6. The van der Waals surface area contributed by atoms with Gasteiger partial charge in [-0.25, -0.2) is 4.98 Å². The van der Waals surface area contributed by atoms with E-state index in [0.717, 1.165) is 30.5 Å². The number of aryl methyl sites for hydroxylation is 1. The summed E-state index contributed by atoms with van der Waals surface area (Å²) in [5, 5.41) is 10.6. The maximum atomic E-state index is 13.2. The third-order valence-corrected chi connectivity index (χ3v) is 6.89. The first-order chi connectivity index (χ1) is 16.6. The van der Waals surface area contributed by atoms with Crippen LogP contribution in [0.25, 0.3) is 0 Å². The number of carbonyl (C=O) groups is 1. The molecule has 182 valence electrons. The van der Waals surface area contributed by atoms with Gasteiger partial charge in [0.25, 0.3) is 11.5 Å². The van der Waals surface area contributed by atoms with E-state index < -0.39 is 23.8 Å². The molecule has 0 saturated heterocycles. The lowest BCUT2D eigenvalue weighted by atomic mass is 9.94. The number of benzene rings is 2. The largest absolute Gasteiger partial charge is 0.416 e. The van der Waals surface area contributed by atoms with Gasteiger partial charge in [-0.1, -0.05) is 42.0 Å². The Morgan fingerprint density at radius 3 is 2.54 bits per heavy atom. The zero-order valence-corrected chi connectivity index (χ0v) is 19.0. The van der Waals surface area contributed by atoms with Crippen molar-refractivity contribution in [3.63, 3.8) is 0 Å². The maximum Gasteiger partial charge on any atom is 0.416 e. The Hall–Kier alpha value is -3.46. The van der Waals surface area contributed by atoms with Crippen molar-refractivity contribution in [1.29, 1.82) is 0 Å². The molecule has 3 aromatic rings. The van der Waals surface area contributed by atoms with Gasteiger partial charge in [0.1, 0.15) is 5.82 Å². The van der Waals surface area contributed by atoms with E-state index >= 15 is 0 Å². The van der Waals surface area contributed by atoms with E-state index in [-0.39, 0.29) is 35.2 Å². The molecule has 1 amide bonds. The van der Waals surface area contributed by atoms with Crippen molar-refractivity contribution in [2.75, 3.05) is 6.54 Å². The number of hydrogen-bond donors (Lipinski definition) is 2. The molecular formula is C26H24F3N3O3. The van der Waals surface area contributed by atoms with Gasteiger partial charge in [-0.05, 0) is 43.0 Å². The summed E-state index contributed by atoms with van der Waals surface area (Å²) in [4.78, 5) is 34.9. The molecule has 1 fully saturated rings. The van der Waals surface area contributed by atoms with Gasteiger partial charge in [-0.3, -0.25) is 9.59 Å². The summed E-state index contributed by atoms with van der Waals surface area (Å²) >= 11 is 0. The molecule has 1 aliphatic carbocycles. The van der Waals surface area contributed by atoms with E-state index in [9.17, 15) is 27.9 Å². The van der Waals surface area contributed by atoms with Gasteiger partial charge in [0.05, 0.1) is 28.8 Å². The van der Waals surface area contributed by atoms with Crippen molar-refractivity contribution in [3.05, 3.63) is 98.2 Å². The lowest BCUT2D eigenvalue weighted by Gasteiger charge is -2.30. The molecule has 0 spiro atoms. The van der Waals surface area contributed by atoms with E-state index in [1.54, 1.807) is 0 Å². The molecule has 2 aliphatic rings. The van der Waals surface area contributed by atoms with Gasteiger partial charge < -0.3 is 15.0 Å². The summed E-state index contributed by atoms with van der Waals surface area (Å²) < 4.78 is 39.6. The number of carbonyl (C=O) groups excluding carboxylic acids is 1. The number of aromatic nitrogens is 2. The summed E-state index contributed by atoms with van der Waals surface area (Å²) in [5.74, 6) is -0.132. The van der Waals surface area contributed by atoms with Crippen molar-refractivity contribution >= 4 is 5.91 Å². The Kier molecular flexibility index (Phi) is 5.55. The molecule has 1 aromatic heterocycles. The van der Waals surface area contributed by atoms with Crippen LogP contribution in [0.15, 0.2) is 53.3 Å². The minimum Gasteiger partial charge on any atom is -0.378 e. The van der Waals surface area contributed by atoms with Gasteiger partial charge in [0, 0.05) is 13.0 Å². The third kappa shape index (κ3) is 4.25. The van der Waals surface area contributed by atoms with Crippen LogP contribution in [0.3, 0.4) is 0 Å². The van der Waals surface area contributed by atoms with Gasteiger partial charge in [-0.15, -0.1) is 0 Å². The highest BCUT2D eigenvalue weighted by molar-refractivity contribution is 5.82. The number of aliphatic hydroxyl groups is 1. The Morgan fingerprint density at radius 1 is 1.17 bits per heavy atom. The fourth-order valence-corrected chi connectivity index (χ4v) is 4.83. The molecule has 0 bridgehead atoms. The van der Waals surface area contributed by atoms with Crippen LogP contribution in [0.2, 0.25) is 0 Å². The number of aliphatic hydroxyl groups excluding tert-OH is 1. The highest BCUT2D eigenvalue weighted by atomic mass is 19.4. The van der Waals surface area contributed by atoms with Crippen LogP contribution >= 0.6 is 0 Å². The molecule has 35 heavy (non-hydrogen) atoms. The average molecular weight is 483 g/mol. The van der Waals surface area contributed by atoms with Crippen molar-refractivity contribution in [2.24, 2.45) is 0 Å². The van der Waals surface area contributed by atoms with E-state index in [0.29, 0.717) is 23.5 Å². The molecular weight excluding hydrogens is 459 g/mol. The fraction of sp³-hybridized carbons (Fsp3) is 0.346. The van der Waals surface area contributed by atoms with Crippen LogP contribution in [0.5, 0.6) is 0 Å². The van der Waals surface area contributed by atoms with Crippen molar-refractivity contribution in [1.82, 2.24) is 14.9 Å². The van der Waals surface area contributed by atoms with Gasteiger partial charge >= 0.3 is 6.18 Å². The summed E-state index contributed by atoms with van der Waals surface area (Å²) in [6.07, 6.45) is -4.28. The van der Waals surface area contributed by atoms with Crippen LogP contribution in [-0.2, 0) is 29.4 Å². The van der Waals surface area contributed by atoms with Crippen molar-refractivity contribution in [2.45, 2.75) is 50.4 Å². The molecule has 2 N–H and O–H groups in total. The number of aromatic amines is 1. The fourth-order valence-electron chi connectivity index (χ4n) is 4.83. The molecule has 1 atom stereocenters. The molecule has 0 radical (unpaired) electrons. The second kappa shape index (κ2) is 8.34. The first-order valence-corrected chi connectivity index (χ1v) is 11.4. The first kappa shape index (κ1) is 23.3. The molecule has 1 aliphatic heterocycles. The number of nitrogens with zero attached hydrogens (tertiary/aromatic N) is 2. The van der Waals surface area contributed by atoms with E-state index in [2.05, 4.69) is 4.98 Å². The van der Waals surface area contributed by atoms with Crippen molar-refractivity contribution in [3.8, 4) is 0 Å². The molecule has 6 nitrogen and oxygen atoms in total. The molecule has 2 heterocycles. The number of halogens is 3.